The van der Waals surface area contributed by atoms with Crippen molar-refractivity contribution in [3.8, 4) is 0 Å². The molecule has 1 rings (SSSR count). The van der Waals surface area contributed by atoms with Crippen molar-refractivity contribution in [1.82, 2.24) is 20.6 Å². The zero-order valence-corrected chi connectivity index (χ0v) is 25.5. The number of hydrogen-bond donors (Lipinski definition) is 2. The topological polar surface area (TPSA) is 102 Å². The molecule has 0 spiro atoms. The van der Waals surface area contributed by atoms with Crippen molar-refractivity contribution in [3.63, 3.8) is 0 Å². The molecule has 2 amide bonds. The van der Waals surface area contributed by atoms with Crippen LogP contribution in [-0.2, 0) is 14.3 Å². The molecule has 0 aliphatic carbocycles. The Morgan fingerprint density at radius 2 is 1.17 bits per heavy atom. The Labute approximate surface area is 252 Å². The van der Waals surface area contributed by atoms with Gasteiger partial charge in [-0.15, -0.1) is 0 Å². The zero-order valence-electron chi connectivity index (χ0n) is 25.5. The van der Waals surface area contributed by atoms with Crippen molar-refractivity contribution in [2.45, 2.75) is 65.2 Å². The molecule has 8 heteroatoms. The molecule has 1 aromatic rings. The maximum atomic E-state index is 11.9. The van der Waals surface area contributed by atoms with Crippen LogP contribution in [0.3, 0.4) is 0 Å². The fourth-order valence-electron chi connectivity index (χ4n) is 3.36. The normalized spacial score (nSPS) is 12.2. The largest absolute Gasteiger partial charge is 0.377 e. The van der Waals surface area contributed by atoms with E-state index >= 15 is 0 Å². The second-order valence-corrected chi connectivity index (χ2v) is 9.33. The maximum Gasteiger partial charge on any atom is 0.271 e. The highest BCUT2D eigenvalue weighted by Crippen LogP contribution is 1.98. The first kappa shape index (κ1) is 36.4. The summed E-state index contributed by atoms with van der Waals surface area (Å²) in [6, 6.07) is 0. The Morgan fingerprint density at radius 1 is 0.667 bits per heavy atom. The molecule has 42 heavy (non-hydrogen) atoms. The molecular weight excluding hydrogens is 528 g/mol. The number of aromatic nitrogens is 2. The van der Waals surface area contributed by atoms with Gasteiger partial charge in [-0.2, -0.15) is 0 Å². The summed E-state index contributed by atoms with van der Waals surface area (Å²) in [4.78, 5) is 31.9. The molecule has 230 valence electrons. The van der Waals surface area contributed by atoms with Crippen molar-refractivity contribution in [1.29, 1.82) is 0 Å². The molecule has 0 aliphatic heterocycles. The van der Waals surface area contributed by atoms with Gasteiger partial charge >= 0.3 is 0 Å². The molecule has 0 aromatic carbocycles. The van der Waals surface area contributed by atoms with Gasteiger partial charge in [-0.1, -0.05) is 79.8 Å². The third-order valence-corrected chi connectivity index (χ3v) is 5.62. The Balaban J connectivity index is 1.88. The Kier molecular flexibility index (Phi) is 23.9. The molecular formula is C34H50N4O4. The van der Waals surface area contributed by atoms with Gasteiger partial charge in [-0.25, -0.2) is 4.98 Å². The SMILES string of the molecule is CCC=CCC=CCC=CCC=CCC=CCC=CCCC(=O)NCCOCCOCCNC(=O)c1cnc(C)cn1. The molecule has 0 unspecified atom stereocenters. The first-order valence-electron chi connectivity index (χ1n) is 15.0. The van der Waals surface area contributed by atoms with E-state index in [2.05, 4.69) is 94.4 Å². The summed E-state index contributed by atoms with van der Waals surface area (Å²) in [5.74, 6) is -0.262. The first-order chi connectivity index (χ1) is 20.6. The van der Waals surface area contributed by atoms with E-state index in [0.29, 0.717) is 45.9 Å². The number of hydrogen-bond acceptors (Lipinski definition) is 6. The molecule has 0 saturated carbocycles. The van der Waals surface area contributed by atoms with Gasteiger partial charge in [0.05, 0.1) is 38.3 Å². The molecule has 8 nitrogen and oxygen atoms in total. The molecule has 0 bridgehead atoms. The molecule has 2 N–H and O–H groups in total. The van der Waals surface area contributed by atoms with Gasteiger partial charge in [0, 0.05) is 25.7 Å². The van der Waals surface area contributed by atoms with E-state index < -0.39 is 0 Å². The first-order valence-corrected chi connectivity index (χ1v) is 15.0. The molecule has 0 radical (unpaired) electrons. The van der Waals surface area contributed by atoms with Crippen LogP contribution in [0.1, 0.15) is 74.5 Å². The molecule has 0 atom stereocenters. The number of carbonyl (C=O) groups is 2. The fourth-order valence-corrected chi connectivity index (χ4v) is 3.36. The second-order valence-electron chi connectivity index (χ2n) is 9.33. The summed E-state index contributed by atoms with van der Waals surface area (Å²) in [6.45, 7) is 6.45. The number of carbonyl (C=O) groups excluding carboxylic acids is 2. The van der Waals surface area contributed by atoms with Crippen LogP contribution in [0.5, 0.6) is 0 Å². The minimum atomic E-state index is -0.279. The predicted octanol–water partition coefficient (Wildman–Crippen LogP) is 6.14. The van der Waals surface area contributed by atoms with Gasteiger partial charge in [0.25, 0.3) is 5.91 Å². The quantitative estimate of drug-likeness (QED) is 0.113. The van der Waals surface area contributed by atoms with E-state index in [1.807, 2.05) is 13.0 Å². The van der Waals surface area contributed by atoms with Gasteiger partial charge < -0.3 is 20.1 Å². The van der Waals surface area contributed by atoms with Crippen LogP contribution in [-0.4, -0.2) is 61.3 Å². The number of allylic oxidation sites excluding steroid dienone is 12. The van der Waals surface area contributed by atoms with E-state index in [1.54, 1.807) is 6.20 Å². The highest BCUT2D eigenvalue weighted by Gasteiger charge is 2.06. The van der Waals surface area contributed by atoms with Crippen molar-refractivity contribution in [3.05, 3.63) is 96.7 Å². The lowest BCUT2D eigenvalue weighted by Gasteiger charge is -2.08. The van der Waals surface area contributed by atoms with Crippen LogP contribution in [0, 0.1) is 6.92 Å². The lowest BCUT2D eigenvalue weighted by molar-refractivity contribution is -0.121. The van der Waals surface area contributed by atoms with E-state index in [-0.39, 0.29) is 17.5 Å². The van der Waals surface area contributed by atoms with Gasteiger partial charge in [0.15, 0.2) is 0 Å². The standard InChI is InChI=1S/C34H50N4O4/c1-3-4-5-6-7-8-9-10-11-12-13-14-15-16-17-18-19-20-21-22-33(39)35-23-25-41-27-28-42-26-24-36-34(40)32-30-37-31(2)29-38-32/h4-5,7-8,10-11,13-14,16-17,19-20,29-30H,3,6,9,12,15,18,21-28H2,1-2H3,(H,35,39)(H,36,40). The summed E-state index contributed by atoms with van der Waals surface area (Å²) in [5, 5.41) is 5.58. The average Bonchev–Trinajstić information content (AvgIpc) is 2.99. The fraction of sp³-hybridized carbons (Fsp3) is 0.471. The smallest absolute Gasteiger partial charge is 0.271 e. The minimum Gasteiger partial charge on any atom is -0.377 e. The zero-order chi connectivity index (χ0) is 30.4. The Bertz CT molecular complexity index is 1010. The van der Waals surface area contributed by atoms with Gasteiger partial charge in [0.1, 0.15) is 5.69 Å². The lowest BCUT2D eigenvalue weighted by atomic mass is 10.2. The van der Waals surface area contributed by atoms with Crippen LogP contribution >= 0.6 is 0 Å². The number of nitrogens with zero attached hydrogens (tertiary/aromatic N) is 2. The molecule has 0 saturated heterocycles. The number of aryl methyl sites for hydroxylation is 1. The summed E-state index contributed by atoms with van der Waals surface area (Å²) < 4.78 is 10.9. The Hall–Kier alpha value is -3.62. The van der Waals surface area contributed by atoms with Crippen molar-refractivity contribution >= 4 is 11.8 Å². The van der Waals surface area contributed by atoms with Crippen LogP contribution in [0.2, 0.25) is 0 Å². The van der Waals surface area contributed by atoms with E-state index in [4.69, 9.17) is 9.47 Å². The van der Waals surface area contributed by atoms with Gasteiger partial charge in [-0.05, 0) is 51.9 Å². The number of rotatable bonds is 24. The monoisotopic (exact) mass is 578 g/mol. The number of ether oxygens (including phenoxy) is 2. The third kappa shape index (κ3) is 23.1. The average molecular weight is 579 g/mol. The third-order valence-electron chi connectivity index (χ3n) is 5.62. The second kappa shape index (κ2) is 27.5. The number of nitrogens with one attached hydrogen (secondary N) is 2. The van der Waals surface area contributed by atoms with Gasteiger partial charge in [-0.3, -0.25) is 14.6 Å². The molecule has 1 aromatic heterocycles. The highest BCUT2D eigenvalue weighted by molar-refractivity contribution is 5.91. The lowest BCUT2D eigenvalue weighted by Crippen LogP contribution is -2.29. The van der Waals surface area contributed by atoms with Crippen LogP contribution in [0.25, 0.3) is 0 Å². The summed E-state index contributed by atoms with van der Waals surface area (Å²) in [6.07, 6.45) is 36.1. The van der Waals surface area contributed by atoms with Crippen molar-refractivity contribution in [2.75, 3.05) is 39.5 Å². The van der Waals surface area contributed by atoms with Gasteiger partial charge in [0.2, 0.25) is 5.91 Å². The molecule has 0 aliphatic rings. The van der Waals surface area contributed by atoms with Crippen molar-refractivity contribution < 1.29 is 19.1 Å². The van der Waals surface area contributed by atoms with Crippen LogP contribution in [0.4, 0.5) is 0 Å². The number of amides is 2. The summed E-state index contributed by atoms with van der Waals surface area (Å²) >= 11 is 0. The van der Waals surface area contributed by atoms with Crippen LogP contribution < -0.4 is 10.6 Å². The summed E-state index contributed by atoms with van der Waals surface area (Å²) in [5.41, 5.74) is 1.04. The summed E-state index contributed by atoms with van der Waals surface area (Å²) in [7, 11) is 0. The highest BCUT2D eigenvalue weighted by atomic mass is 16.5. The molecule has 0 fully saturated rings. The van der Waals surface area contributed by atoms with E-state index in [1.165, 1.54) is 6.20 Å². The van der Waals surface area contributed by atoms with E-state index in [9.17, 15) is 9.59 Å². The van der Waals surface area contributed by atoms with Crippen molar-refractivity contribution in [2.24, 2.45) is 0 Å². The van der Waals surface area contributed by atoms with Crippen LogP contribution in [0.15, 0.2) is 85.3 Å². The predicted molar refractivity (Wildman–Crippen MR) is 171 cm³/mol. The maximum absolute atomic E-state index is 11.9. The molecule has 1 heterocycles. The Morgan fingerprint density at radius 3 is 1.67 bits per heavy atom. The van der Waals surface area contributed by atoms with E-state index in [0.717, 1.165) is 50.6 Å². The minimum absolute atomic E-state index is 0.0170.